The molecule has 0 aromatic carbocycles. The molecule has 2 rings (SSSR count). The predicted octanol–water partition coefficient (Wildman–Crippen LogP) is 1.90. The Morgan fingerprint density at radius 2 is 2.17 bits per heavy atom. The highest BCUT2D eigenvalue weighted by molar-refractivity contribution is 6.31. The van der Waals surface area contributed by atoms with E-state index in [9.17, 15) is 8.78 Å². The fourth-order valence-corrected chi connectivity index (χ4v) is 1.87. The minimum Gasteiger partial charge on any atom is -0.415 e. The van der Waals surface area contributed by atoms with Crippen LogP contribution in [0.5, 0.6) is 5.88 Å². The van der Waals surface area contributed by atoms with Crippen molar-refractivity contribution in [1.29, 1.82) is 0 Å². The smallest absolute Gasteiger partial charge is 0.388 e. The summed E-state index contributed by atoms with van der Waals surface area (Å²) in [4.78, 5) is 7.77. The molecule has 0 saturated carbocycles. The monoisotopic (exact) mass is 278 g/mol. The van der Waals surface area contributed by atoms with Gasteiger partial charge in [-0.25, -0.2) is 4.98 Å². The molecule has 1 fully saturated rings. The second-order valence-electron chi connectivity index (χ2n) is 3.89. The summed E-state index contributed by atoms with van der Waals surface area (Å²) < 4.78 is 28.4. The Kier molecular flexibility index (Phi) is 4.48. The van der Waals surface area contributed by atoms with Crippen LogP contribution in [0.3, 0.4) is 0 Å². The second-order valence-corrected chi connectivity index (χ2v) is 4.30. The third kappa shape index (κ3) is 3.64. The molecule has 1 aliphatic rings. The van der Waals surface area contributed by atoms with Crippen molar-refractivity contribution in [3.05, 3.63) is 11.2 Å². The maximum atomic E-state index is 12.1. The summed E-state index contributed by atoms with van der Waals surface area (Å²) in [7, 11) is 0. The van der Waals surface area contributed by atoms with Crippen LogP contribution >= 0.6 is 11.6 Å². The number of nitrogens with one attached hydrogen (secondary N) is 2. The summed E-state index contributed by atoms with van der Waals surface area (Å²) >= 11 is 5.66. The molecule has 1 saturated heterocycles. The van der Waals surface area contributed by atoms with E-state index < -0.39 is 6.61 Å². The minimum absolute atomic E-state index is 0.0360. The number of piperidine rings is 1. The van der Waals surface area contributed by atoms with Gasteiger partial charge >= 0.3 is 6.61 Å². The average molecular weight is 279 g/mol. The van der Waals surface area contributed by atoms with Gasteiger partial charge in [-0.15, -0.1) is 0 Å². The van der Waals surface area contributed by atoms with Crippen LogP contribution in [0.1, 0.15) is 12.8 Å². The molecule has 0 bridgehead atoms. The predicted molar refractivity (Wildman–Crippen MR) is 63.2 cm³/mol. The van der Waals surface area contributed by atoms with Crippen LogP contribution in [0, 0.1) is 0 Å². The van der Waals surface area contributed by atoms with E-state index in [1.165, 1.54) is 6.20 Å². The summed E-state index contributed by atoms with van der Waals surface area (Å²) in [6.07, 6.45) is 3.10. The van der Waals surface area contributed by atoms with E-state index in [0.717, 1.165) is 25.9 Å². The molecule has 1 aliphatic heterocycles. The van der Waals surface area contributed by atoms with Gasteiger partial charge in [0.25, 0.3) is 0 Å². The Balaban J connectivity index is 2.03. The molecule has 5 nitrogen and oxygen atoms in total. The van der Waals surface area contributed by atoms with E-state index in [1.54, 1.807) is 0 Å². The fourth-order valence-electron chi connectivity index (χ4n) is 1.74. The van der Waals surface area contributed by atoms with Gasteiger partial charge in [0.1, 0.15) is 5.02 Å². The Bertz CT molecular complexity index is 401. The molecule has 0 aliphatic carbocycles. The molecular weight excluding hydrogens is 266 g/mol. The molecule has 1 aromatic heterocycles. The number of aromatic nitrogens is 2. The lowest BCUT2D eigenvalue weighted by atomic mass is 10.1. The summed E-state index contributed by atoms with van der Waals surface area (Å²) in [6.45, 7) is -1.14. The lowest BCUT2D eigenvalue weighted by Gasteiger charge is -2.23. The van der Waals surface area contributed by atoms with Crippen molar-refractivity contribution in [2.75, 3.05) is 18.4 Å². The largest absolute Gasteiger partial charge is 0.415 e. The Hall–Kier alpha value is -1.21. The molecular formula is C10H13ClF2N4O. The first-order valence-corrected chi connectivity index (χ1v) is 5.97. The van der Waals surface area contributed by atoms with Crippen molar-refractivity contribution >= 4 is 17.5 Å². The van der Waals surface area contributed by atoms with Gasteiger partial charge in [-0.2, -0.15) is 13.8 Å². The number of ether oxygens (including phenoxy) is 1. The fraction of sp³-hybridized carbons (Fsp3) is 0.600. The molecule has 0 spiro atoms. The van der Waals surface area contributed by atoms with Crippen LogP contribution in [-0.4, -0.2) is 35.7 Å². The summed E-state index contributed by atoms with van der Waals surface area (Å²) in [5.41, 5.74) is 0. The van der Waals surface area contributed by atoms with Gasteiger partial charge in [-0.3, -0.25) is 0 Å². The quantitative estimate of drug-likeness (QED) is 0.881. The third-order valence-electron chi connectivity index (χ3n) is 2.59. The molecule has 2 N–H and O–H groups in total. The SMILES string of the molecule is FC(F)Oc1nc(NC2CCNCC2)ncc1Cl. The topological polar surface area (TPSA) is 59.1 Å². The van der Waals surface area contributed by atoms with Gasteiger partial charge in [0, 0.05) is 6.04 Å². The van der Waals surface area contributed by atoms with Gasteiger partial charge in [0.2, 0.25) is 11.8 Å². The molecule has 0 atom stereocenters. The number of anilines is 1. The van der Waals surface area contributed by atoms with Crippen molar-refractivity contribution in [3.8, 4) is 5.88 Å². The summed E-state index contributed by atoms with van der Waals surface area (Å²) in [5.74, 6) is -0.0555. The Morgan fingerprint density at radius 1 is 1.44 bits per heavy atom. The molecule has 18 heavy (non-hydrogen) atoms. The van der Waals surface area contributed by atoms with E-state index in [-0.39, 0.29) is 22.9 Å². The number of halogens is 3. The van der Waals surface area contributed by atoms with Crippen molar-refractivity contribution in [3.63, 3.8) is 0 Å². The van der Waals surface area contributed by atoms with Crippen LogP contribution in [-0.2, 0) is 0 Å². The van der Waals surface area contributed by atoms with E-state index in [0.29, 0.717) is 0 Å². The van der Waals surface area contributed by atoms with Gasteiger partial charge < -0.3 is 15.4 Å². The van der Waals surface area contributed by atoms with Crippen LogP contribution in [0.4, 0.5) is 14.7 Å². The zero-order valence-electron chi connectivity index (χ0n) is 9.50. The first-order valence-electron chi connectivity index (χ1n) is 5.60. The van der Waals surface area contributed by atoms with Crippen molar-refractivity contribution in [2.45, 2.75) is 25.5 Å². The molecule has 0 amide bonds. The average Bonchev–Trinajstić information content (AvgIpc) is 2.34. The molecule has 100 valence electrons. The lowest BCUT2D eigenvalue weighted by Crippen LogP contribution is -2.35. The van der Waals surface area contributed by atoms with Crippen LogP contribution in [0.15, 0.2) is 6.20 Å². The highest BCUT2D eigenvalue weighted by atomic mass is 35.5. The van der Waals surface area contributed by atoms with E-state index in [2.05, 4.69) is 25.3 Å². The molecule has 0 radical (unpaired) electrons. The number of rotatable bonds is 4. The van der Waals surface area contributed by atoms with Gasteiger partial charge in [-0.05, 0) is 25.9 Å². The minimum atomic E-state index is -2.95. The number of nitrogens with zero attached hydrogens (tertiary/aromatic N) is 2. The molecule has 2 heterocycles. The Labute approximate surface area is 108 Å². The van der Waals surface area contributed by atoms with Crippen LogP contribution < -0.4 is 15.4 Å². The highest BCUT2D eigenvalue weighted by Gasteiger charge is 2.16. The van der Waals surface area contributed by atoms with E-state index in [1.807, 2.05) is 0 Å². The maximum Gasteiger partial charge on any atom is 0.388 e. The molecule has 8 heteroatoms. The van der Waals surface area contributed by atoms with Crippen molar-refractivity contribution < 1.29 is 13.5 Å². The first kappa shape index (κ1) is 13.2. The van der Waals surface area contributed by atoms with Crippen molar-refractivity contribution in [1.82, 2.24) is 15.3 Å². The van der Waals surface area contributed by atoms with E-state index in [4.69, 9.17) is 11.6 Å². The van der Waals surface area contributed by atoms with Gasteiger partial charge in [0.15, 0.2) is 0 Å². The third-order valence-corrected chi connectivity index (χ3v) is 2.84. The Morgan fingerprint density at radius 3 is 2.83 bits per heavy atom. The molecule has 1 aromatic rings. The van der Waals surface area contributed by atoms with E-state index >= 15 is 0 Å². The number of hydrogen-bond donors (Lipinski definition) is 2. The summed E-state index contributed by atoms with van der Waals surface area (Å²) in [6, 6.07) is 0.229. The standard InChI is InChI=1S/C10H13ClF2N4O/c11-7-5-15-10(17-8(7)18-9(12)13)16-6-1-3-14-4-2-6/h5-6,9,14H,1-4H2,(H,15,16,17). The lowest BCUT2D eigenvalue weighted by molar-refractivity contribution is -0.0527. The normalized spacial score (nSPS) is 16.9. The zero-order chi connectivity index (χ0) is 13.0. The summed E-state index contributed by atoms with van der Waals surface area (Å²) in [5, 5.41) is 6.26. The highest BCUT2D eigenvalue weighted by Crippen LogP contribution is 2.24. The molecule has 0 unspecified atom stereocenters. The van der Waals surface area contributed by atoms with Gasteiger partial charge in [0.05, 0.1) is 6.20 Å². The van der Waals surface area contributed by atoms with Crippen molar-refractivity contribution in [2.24, 2.45) is 0 Å². The number of hydrogen-bond acceptors (Lipinski definition) is 5. The first-order chi connectivity index (χ1) is 8.65. The number of alkyl halides is 2. The maximum absolute atomic E-state index is 12.1. The second kappa shape index (κ2) is 6.10. The van der Waals surface area contributed by atoms with Crippen LogP contribution in [0.25, 0.3) is 0 Å². The van der Waals surface area contributed by atoms with Gasteiger partial charge in [-0.1, -0.05) is 11.6 Å². The zero-order valence-corrected chi connectivity index (χ0v) is 10.3. The van der Waals surface area contributed by atoms with Crippen LogP contribution in [0.2, 0.25) is 5.02 Å².